The predicted octanol–water partition coefficient (Wildman–Crippen LogP) is -0.0366. The molecular formula is C21H33NO7. The van der Waals surface area contributed by atoms with Crippen molar-refractivity contribution in [3.63, 3.8) is 0 Å². The molecule has 3 aliphatic rings. The summed E-state index contributed by atoms with van der Waals surface area (Å²) in [6.45, 7) is 0.260. The first-order chi connectivity index (χ1) is 13.9. The van der Waals surface area contributed by atoms with E-state index in [1.54, 1.807) is 6.08 Å². The minimum absolute atomic E-state index is 0.118. The van der Waals surface area contributed by atoms with Crippen LogP contribution in [0.1, 0.15) is 57.8 Å². The van der Waals surface area contributed by atoms with Crippen molar-refractivity contribution in [1.82, 2.24) is 5.32 Å². The summed E-state index contributed by atoms with van der Waals surface area (Å²) in [6, 6.07) is -0.821. The summed E-state index contributed by atoms with van der Waals surface area (Å²) in [5.74, 6) is -2.14. The quantitative estimate of drug-likeness (QED) is 0.183. The third-order valence-corrected chi connectivity index (χ3v) is 6.37. The van der Waals surface area contributed by atoms with Crippen molar-refractivity contribution in [3.8, 4) is 0 Å². The second-order valence-corrected chi connectivity index (χ2v) is 8.53. The number of Topliss-reactive ketones (excluding diaryl/α,β-unsaturated/α-hetero) is 1. The van der Waals surface area contributed by atoms with Gasteiger partial charge in [0.15, 0.2) is 11.4 Å². The Hall–Kier alpha value is -1.32. The summed E-state index contributed by atoms with van der Waals surface area (Å²) in [7, 11) is 0. The van der Waals surface area contributed by atoms with Gasteiger partial charge in [-0.3, -0.25) is 9.59 Å². The lowest BCUT2D eigenvalue weighted by atomic mass is 9.64. The number of rotatable bonds is 11. The zero-order valence-corrected chi connectivity index (χ0v) is 16.7. The van der Waals surface area contributed by atoms with Gasteiger partial charge in [0.05, 0.1) is 24.2 Å². The molecule has 29 heavy (non-hydrogen) atoms. The van der Waals surface area contributed by atoms with E-state index in [-0.39, 0.29) is 13.0 Å². The first kappa shape index (κ1) is 22.4. The number of carbonyl (C=O) groups excluding carboxylic acids is 2. The fourth-order valence-corrected chi connectivity index (χ4v) is 4.65. The molecule has 0 spiro atoms. The average molecular weight is 411 g/mol. The lowest BCUT2D eigenvalue weighted by Crippen LogP contribution is -2.69. The molecule has 1 heterocycles. The Morgan fingerprint density at radius 1 is 1.10 bits per heavy atom. The molecule has 2 bridgehead atoms. The Balaban J connectivity index is 1.38. The summed E-state index contributed by atoms with van der Waals surface area (Å²) in [6.07, 6.45) is 7.49. The summed E-state index contributed by atoms with van der Waals surface area (Å²) < 4.78 is 5.25. The van der Waals surface area contributed by atoms with E-state index in [1.807, 2.05) is 0 Å². The highest BCUT2D eigenvalue weighted by molar-refractivity contribution is 5.94. The van der Waals surface area contributed by atoms with Crippen molar-refractivity contribution in [3.05, 3.63) is 12.2 Å². The second-order valence-electron chi connectivity index (χ2n) is 8.53. The number of aliphatic hydroxyl groups is 4. The Morgan fingerprint density at radius 3 is 2.45 bits per heavy atom. The molecule has 1 saturated heterocycles. The number of amides is 1. The monoisotopic (exact) mass is 411 g/mol. The maximum absolute atomic E-state index is 12.4. The molecule has 7 atom stereocenters. The van der Waals surface area contributed by atoms with E-state index in [2.05, 4.69) is 5.32 Å². The van der Waals surface area contributed by atoms with Gasteiger partial charge in [-0.25, -0.2) is 0 Å². The Bertz CT molecular complexity index is 624. The Kier molecular flexibility index (Phi) is 7.45. The number of epoxide rings is 1. The second kappa shape index (κ2) is 9.66. The molecule has 5 N–H and O–H groups in total. The van der Waals surface area contributed by atoms with Crippen LogP contribution in [0.3, 0.4) is 0 Å². The first-order valence-electron chi connectivity index (χ1n) is 10.8. The average Bonchev–Trinajstić information content (AvgIpc) is 3.49. The van der Waals surface area contributed by atoms with Crippen molar-refractivity contribution in [1.29, 1.82) is 0 Å². The molecule has 8 heteroatoms. The largest absolute Gasteiger partial charge is 0.396 e. The van der Waals surface area contributed by atoms with E-state index in [0.717, 1.165) is 51.4 Å². The van der Waals surface area contributed by atoms with Crippen molar-refractivity contribution in [2.24, 2.45) is 5.92 Å². The van der Waals surface area contributed by atoms with Gasteiger partial charge in [0, 0.05) is 13.0 Å². The molecule has 0 aromatic heterocycles. The van der Waals surface area contributed by atoms with Crippen LogP contribution in [0.4, 0.5) is 0 Å². The number of aliphatic hydroxyl groups excluding tert-OH is 3. The minimum Gasteiger partial charge on any atom is -0.396 e. The number of carbonyl (C=O) groups is 2. The Labute approximate surface area is 170 Å². The van der Waals surface area contributed by atoms with Gasteiger partial charge in [-0.05, 0) is 25.3 Å². The van der Waals surface area contributed by atoms with Gasteiger partial charge in [0.25, 0.3) is 0 Å². The molecule has 2 aliphatic carbocycles. The highest BCUT2D eigenvalue weighted by atomic mass is 16.6. The van der Waals surface area contributed by atoms with Gasteiger partial charge >= 0.3 is 0 Å². The number of unbranched alkanes of at least 4 members (excludes halogenated alkanes) is 7. The van der Waals surface area contributed by atoms with Crippen LogP contribution in [0.5, 0.6) is 0 Å². The fourth-order valence-electron chi connectivity index (χ4n) is 4.65. The third-order valence-electron chi connectivity index (χ3n) is 6.37. The van der Waals surface area contributed by atoms with Gasteiger partial charge in [-0.2, -0.15) is 0 Å². The fraction of sp³-hybridized carbons (Fsp3) is 0.810. The number of hydrogen-bond donors (Lipinski definition) is 5. The molecule has 8 nitrogen and oxygen atoms in total. The smallest absolute Gasteiger partial charge is 0.243 e. The van der Waals surface area contributed by atoms with Gasteiger partial charge < -0.3 is 30.5 Å². The highest BCUT2D eigenvalue weighted by Crippen LogP contribution is 2.50. The molecule has 3 rings (SSSR count). The minimum atomic E-state index is -1.76. The summed E-state index contributed by atoms with van der Waals surface area (Å²) in [4.78, 5) is 24.6. The van der Waals surface area contributed by atoms with E-state index < -0.39 is 53.7 Å². The van der Waals surface area contributed by atoms with E-state index in [1.165, 1.54) is 6.08 Å². The van der Waals surface area contributed by atoms with Gasteiger partial charge in [0.2, 0.25) is 5.91 Å². The van der Waals surface area contributed by atoms with Gasteiger partial charge in [0.1, 0.15) is 12.2 Å². The van der Waals surface area contributed by atoms with Crippen LogP contribution in [-0.2, 0) is 14.3 Å². The molecule has 0 aromatic rings. The number of fused-ring (bicyclic) bond motifs is 4. The summed E-state index contributed by atoms with van der Waals surface area (Å²) in [5.41, 5.74) is -1.76. The van der Waals surface area contributed by atoms with Crippen LogP contribution < -0.4 is 5.32 Å². The number of ether oxygens (including phenoxy) is 1. The molecule has 0 unspecified atom stereocenters. The highest BCUT2D eigenvalue weighted by Gasteiger charge is 2.72. The summed E-state index contributed by atoms with van der Waals surface area (Å²) >= 11 is 0. The van der Waals surface area contributed by atoms with Crippen LogP contribution in [0.15, 0.2) is 12.2 Å². The number of nitrogens with one attached hydrogen (secondary N) is 1. The normalized spacial score (nSPS) is 38.1. The van der Waals surface area contributed by atoms with E-state index in [9.17, 15) is 24.9 Å². The van der Waals surface area contributed by atoms with Crippen LogP contribution in [0.25, 0.3) is 0 Å². The first-order valence-corrected chi connectivity index (χ1v) is 10.8. The standard InChI is InChI=1S/C21H33NO7/c23-11-9-7-5-3-1-2-4-6-8-10-14(24)22-13-12-21(28)19(27)15(16(13)25)17(26)18-20(21)29-18/h8,10,13,15-18,20,23,25-26,28H,1-7,9,11-12H2,(H,22,24)/b10-8+/t13-,15-,16-,17-,18-,20-,21+/m0/s1. The van der Waals surface area contributed by atoms with Crippen LogP contribution in [0, 0.1) is 5.92 Å². The number of allylic oxidation sites excluding steroid dienone is 1. The number of hydrogen-bond acceptors (Lipinski definition) is 7. The Morgan fingerprint density at radius 2 is 1.76 bits per heavy atom. The SMILES string of the molecule is O=C(/C=C/CCCCCCCCCO)N[C@H]1C[C@@]2(O)C(=O)[C@H]([C@H](O)[C@@H]3O[C@@H]32)[C@H]1O. The van der Waals surface area contributed by atoms with E-state index in [0.29, 0.717) is 0 Å². The molecule has 3 fully saturated rings. The van der Waals surface area contributed by atoms with Crippen LogP contribution >= 0.6 is 0 Å². The lowest BCUT2D eigenvalue weighted by Gasteiger charge is -2.46. The molecule has 2 saturated carbocycles. The van der Waals surface area contributed by atoms with Crippen molar-refractivity contribution in [2.45, 2.75) is 93.8 Å². The van der Waals surface area contributed by atoms with E-state index >= 15 is 0 Å². The maximum atomic E-state index is 12.4. The predicted molar refractivity (Wildman–Crippen MR) is 104 cm³/mol. The van der Waals surface area contributed by atoms with Crippen molar-refractivity contribution in [2.75, 3.05) is 6.61 Å². The molecule has 0 radical (unpaired) electrons. The molecular weight excluding hydrogens is 378 g/mol. The zero-order valence-electron chi connectivity index (χ0n) is 16.7. The van der Waals surface area contributed by atoms with Gasteiger partial charge in [-0.15, -0.1) is 0 Å². The molecule has 0 aromatic carbocycles. The zero-order chi connectivity index (χ0) is 21.0. The molecule has 1 aliphatic heterocycles. The number of ketones is 1. The van der Waals surface area contributed by atoms with Crippen molar-refractivity contribution >= 4 is 11.7 Å². The van der Waals surface area contributed by atoms with Gasteiger partial charge in [-0.1, -0.05) is 38.2 Å². The lowest BCUT2D eigenvalue weighted by molar-refractivity contribution is -0.171. The maximum Gasteiger partial charge on any atom is 0.243 e. The van der Waals surface area contributed by atoms with E-state index in [4.69, 9.17) is 9.84 Å². The topological polar surface area (TPSA) is 140 Å². The third kappa shape index (κ3) is 4.88. The molecule has 1 amide bonds. The molecule has 164 valence electrons. The van der Waals surface area contributed by atoms with Crippen molar-refractivity contribution < 1.29 is 34.8 Å². The van der Waals surface area contributed by atoms with Crippen LogP contribution in [-0.4, -0.2) is 74.8 Å². The van der Waals surface area contributed by atoms with Crippen LogP contribution in [0.2, 0.25) is 0 Å². The summed E-state index contributed by atoms with van der Waals surface area (Å²) in [5, 5.41) is 42.7.